The zero-order chi connectivity index (χ0) is 19.4. The van der Waals surface area contributed by atoms with Gasteiger partial charge < -0.3 is 0 Å². The van der Waals surface area contributed by atoms with Crippen molar-refractivity contribution in [3.05, 3.63) is 84.4 Å². The molecule has 1 heteroatoms. The van der Waals surface area contributed by atoms with E-state index < -0.39 is 0 Å². The lowest BCUT2D eigenvalue weighted by atomic mass is 9.94. The predicted molar refractivity (Wildman–Crippen MR) is 118 cm³/mol. The molecule has 3 aromatic carbocycles. The van der Waals surface area contributed by atoms with E-state index in [1.54, 1.807) is 0 Å². The Morgan fingerprint density at radius 1 is 0.667 bits per heavy atom. The summed E-state index contributed by atoms with van der Waals surface area (Å²) in [5.74, 6) is 0. The lowest BCUT2D eigenvalue weighted by molar-refractivity contribution is 0.0902. The van der Waals surface area contributed by atoms with Crippen LogP contribution in [0.5, 0.6) is 0 Å². The maximum absolute atomic E-state index is 2.56. The van der Waals surface area contributed by atoms with Crippen LogP contribution < -0.4 is 0 Å². The van der Waals surface area contributed by atoms with Crippen LogP contribution in [-0.2, 0) is 6.54 Å². The molecule has 27 heavy (non-hydrogen) atoms. The van der Waals surface area contributed by atoms with Gasteiger partial charge in [0, 0.05) is 18.1 Å². The van der Waals surface area contributed by atoms with E-state index in [1.165, 1.54) is 27.8 Å². The zero-order valence-electron chi connectivity index (χ0n) is 17.2. The van der Waals surface area contributed by atoms with Crippen LogP contribution in [0.2, 0.25) is 0 Å². The first kappa shape index (κ1) is 19.4. The van der Waals surface area contributed by atoms with E-state index in [4.69, 9.17) is 0 Å². The molecule has 1 nitrogen and oxygen atoms in total. The number of rotatable bonds is 5. The van der Waals surface area contributed by atoms with Gasteiger partial charge in [0.05, 0.1) is 0 Å². The summed E-state index contributed by atoms with van der Waals surface area (Å²) in [6.07, 6.45) is 0. The van der Waals surface area contributed by atoms with Gasteiger partial charge in [0.15, 0.2) is 0 Å². The molecule has 0 saturated carbocycles. The predicted octanol–water partition coefficient (Wildman–Crippen LogP) is 7.03. The fraction of sp³-hybridized carbons (Fsp3) is 0.308. The van der Waals surface area contributed by atoms with Crippen LogP contribution in [0.15, 0.2) is 78.9 Å². The van der Waals surface area contributed by atoms with Crippen molar-refractivity contribution in [1.29, 1.82) is 0 Å². The summed E-state index contributed by atoms with van der Waals surface area (Å²) in [5, 5.41) is 0. The molecule has 0 bridgehead atoms. The summed E-state index contributed by atoms with van der Waals surface area (Å²) in [7, 11) is 0. The molecule has 3 rings (SSSR count). The largest absolute Gasteiger partial charge is 0.292 e. The highest BCUT2D eigenvalue weighted by Gasteiger charge is 2.24. The molecule has 0 aliphatic rings. The quantitative estimate of drug-likeness (QED) is 0.474. The third kappa shape index (κ3) is 4.87. The van der Waals surface area contributed by atoms with Gasteiger partial charge in [-0.3, -0.25) is 4.90 Å². The van der Waals surface area contributed by atoms with Crippen LogP contribution in [0.1, 0.15) is 40.2 Å². The highest BCUT2D eigenvalue weighted by molar-refractivity contribution is 5.74. The van der Waals surface area contributed by atoms with Crippen LogP contribution >= 0.6 is 0 Å². The van der Waals surface area contributed by atoms with Crippen molar-refractivity contribution in [2.24, 2.45) is 0 Å². The molecule has 0 amide bonds. The molecule has 0 N–H and O–H groups in total. The van der Waals surface area contributed by atoms with E-state index in [-0.39, 0.29) is 5.54 Å². The van der Waals surface area contributed by atoms with Gasteiger partial charge >= 0.3 is 0 Å². The minimum atomic E-state index is 0.129. The van der Waals surface area contributed by atoms with Crippen molar-refractivity contribution in [3.63, 3.8) is 0 Å². The normalized spacial score (nSPS) is 12.0. The van der Waals surface area contributed by atoms with E-state index >= 15 is 0 Å². The number of benzene rings is 3. The molecule has 3 aromatic rings. The molecule has 0 aromatic heterocycles. The Balaban J connectivity index is 2.08. The summed E-state index contributed by atoms with van der Waals surface area (Å²) in [6.45, 7) is 12.4. The molecule has 140 valence electrons. The smallest absolute Gasteiger partial charge is 0.0242 e. The lowest BCUT2D eigenvalue weighted by Crippen LogP contribution is -2.45. The standard InChI is InChI=1S/C26H31N/c1-20(2)27(26(3,4)5)19-21-16-24(22-12-8-6-9-13-22)18-25(17-21)23-14-10-7-11-15-23/h6-18,20H,19H2,1-5H3. The molecule has 0 unspecified atom stereocenters. The molecular weight excluding hydrogens is 326 g/mol. The summed E-state index contributed by atoms with van der Waals surface area (Å²) in [5.41, 5.74) is 6.59. The van der Waals surface area contributed by atoms with Gasteiger partial charge in [0.25, 0.3) is 0 Å². The molecule has 0 heterocycles. The van der Waals surface area contributed by atoms with Crippen molar-refractivity contribution in [2.45, 2.75) is 52.7 Å². The Hall–Kier alpha value is -2.38. The minimum absolute atomic E-state index is 0.129. The van der Waals surface area contributed by atoms with Crippen LogP contribution in [0.3, 0.4) is 0 Å². The Bertz CT molecular complexity index is 800. The second kappa shape index (κ2) is 8.10. The molecule has 0 saturated heterocycles. The zero-order valence-corrected chi connectivity index (χ0v) is 17.2. The summed E-state index contributed by atoms with van der Waals surface area (Å²) in [6, 6.07) is 28.9. The first-order valence-electron chi connectivity index (χ1n) is 9.86. The van der Waals surface area contributed by atoms with Gasteiger partial charge in [0.1, 0.15) is 0 Å². The first-order chi connectivity index (χ1) is 12.8. The van der Waals surface area contributed by atoms with Crippen LogP contribution in [0.25, 0.3) is 22.3 Å². The number of nitrogens with zero attached hydrogens (tertiary/aromatic N) is 1. The van der Waals surface area contributed by atoms with Crippen molar-refractivity contribution >= 4 is 0 Å². The molecule has 0 aliphatic carbocycles. The number of hydrogen-bond donors (Lipinski definition) is 0. The van der Waals surface area contributed by atoms with E-state index in [9.17, 15) is 0 Å². The molecule has 0 atom stereocenters. The average molecular weight is 358 g/mol. The van der Waals surface area contributed by atoms with Crippen LogP contribution in [0.4, 0.5) is 0 Å². The Morgan fingerprint density at radius 2 is 1.11 bits per heavy atom. The van der Waals surface area contributed by atoms with E-state index in [1.807, 2.05) is 0 Å². The Labute approximate surface area is 164 Å². The summed E-state index contributed by atoms with van der Waals surface area (Å²) < 4.78 is 0. The SMILES string of the molecule is CC(C)N(Cc1cc(-c2ccccc2)cc(-c2ccccc2)c1)C(C)(C)C. The molecule has 0 fully saturated rings. The van der Waals surface area contributed by atoms with Crippen LogP contribution in [-0.4, -0.2) is 16.5 Å². The fourth-order valence-electron chi connectivity index (χ4n) is 3.77. The second-order valence-electron chi connectivity index (χ2n) is 8.54. The van der Waals surface area contributed by atoms with Crippen molar-refractivity contribution in [3.8, 4) is 22.3 Å². The highest BCUT2D eigenvalue weighted by atomic mass is 15.2. The molecular formula is C26H31N. The fourth-order valence-corrected chi connectivity index (χ4v) is 3.77. The van der Waals surface area contributed by atoms with E-state index in [0.29, 0.717) is 6.04 Å². The first-order valence-corrected chi connectivity index (χ1v) is 9.86. The summed E-state index contributed by atoms with van der Waals surface area (Å²) in [4.78, 5) is 2.56. The summed E-state index contributed by atoms with van der Waals surface area (Å²) >= 11 is 0. The van der Waals surface area contributed by atoms with Crippen LogP contribution in [0, 0.1) is 0 Å². The highest BCUT2D eigenvalue weighted by Crippen LogP contribution is 2.30. The number of hydrogen-bond acceptors (Lipinski definition) is 1. The van der Waals surface area contributed by atoms with E-state index in [2.05, 4.69) is 118 Å². The maximum Gasteiger partial charge on any atom is 0.0242 e. The van der Waals surface area contributed by atoms with Crippen molar-refractivity contribution in [1.82, 2.24) is 4.90 Å². The van der Waals surface area contributed by atoms with Gasteiger partial charge in [-0.2, -0.15) is 0 Å². The molecule has 0 radical (unpaired) electrons. The van der Waals surface area contributed by atoms with Gasteiger partial charge in [-0.15, -0.1) is 0 Å². The molecule has 0 aliphatic heterocycles. The van der Waals surface area contributed by atoms with Gasteiger partial charge in [-0.1, -0.05) is 60.7 Å². The monoisotopic (exact) mass is 357 g/mol. The minimum Gasteiger partial charge on any atom is -0.292 e. The maximum atomic E-state index is 2.56. The van der Waals surface area contributed by atoms with Gasteiger partial charge in [-0.05, 0) is 80.6 Å². The lowest BCUT2D eigenvalue weighted by Gasteiger charge is -2.39. The van der Waals surface area contributed by atoms with Crippen molar-refractivity contribution < 1.29 is 0 Å². The van der Waals surface area contributed by atoms with Gasteiger partial charge in [-0.25, -0.2) is 0 Å². The van der Waals surface area contributed by atoms with E-state index in [0.717, 1.165) is 6.54 Å². The second-order valence-corrected chi connectivity index (χ2v) is 8.54. The average Bonchev–Trinajstić information content (AvgIpc) is 2.66. The Kier molecular flexibility index (Phi) is 5.82. The van der Waals surface area contributed by atoms with Gasteiger partial charge in [0.2, 0.25) is 0 Å². The third-order valence-corrected chi connectivity index (χ3v) is 5.04. The van der Waals surface area contributed by atoms with Crippen molar-refractivity contribution in [2.75, 3.05) is 0 Å². The Morgan fingerprint density at radius 3 is 1.48 bits per heavy atom. The molecule has 0 spiro atoms. The third-order valence-electron chi connectivity index (χ3n) is 5.04. The topological polar surface area (TPSA) is 3.24 Å².